The Labute approximate surface area is 255 Å². The van der Waals surface area contributed by atoms with Gasteiger partial charge in [-0.15, -0.1) is 0 Å². The van der Waals surface area contributed by atoms with E-state index in [2.05, 4.69) is 20.9 Å². The molecular formula is C31H42N6O5S. The average Bonchev–Trinajstić information content (AvgIpc) is 3.41. The van der Waals surface area contributed by atoms with Gasteiger partial charge < -0.3 is 37.5 Å². The van der Waals surface area contributed by atoms with E-state index in [4.69, 9.17) is 11.5 Å². The molecule has 0 spiro atoms. The lowest BCUT2D eigenvalue weighted by Crippen LogP contribution is -2.58. The number of carboxylic acid groups (broad SMARTS) is 1. The van der Waals surface area contributed by atoms with E-state index in [-0.39, 0.29) is 12.8 Å². The zero-order valence-corrected chi connectivity index (χ0v) is 25.2. The monoisotopic (exact) mass is 610 g/mol. The lowest BCUT2D eigenvalue weighted by atomic mass is 10.0. The van der Waals surface area contributed by atoms with E-state index in [0.29, 0.717) is 31.6 Å². The van der Waals surface area contributed by atoms with Crippen molar-refractivity contribution < 1.29 is 24.3 Å². The Hall–Kier alpha value is -3.87. The number of unbranched alkanes of at least 4 members (excludes halogenated alkanes) is 1. The molecule has 1 aromatic heterocycles. The van der Waals surface area contributed by atoms with Crippen LogP contribution in [0.1, 0.15) is 36.8 Å². The van der Waals surface area contributed by atoms with Gasteiger partial charge in [-0.2, -0.15) is 11.8 Å². The van der Waals surface area contributed by atoms with Crippen molar-refractivity contribution >= 4 is 46.4 Å². The molecule has 9 N–H and O–H groups in total. The Bertz CT molecular complexity index is 1350. The minimum Gasteiger partial charge on any atom is -0.480 e. The van der Waals surface area contributed by atoms with Gasteiger partial charge in [-0.05, 0) is 55.0 Å². The molecule has 0 aliphatic carbocycles. The van der Waals surface area contributed by atoms with Crippen LogP contribution in [0.2, 0.25) is 0 Å². The summed E-state index contributed by atoms with van der Waals surface area (Å²) < 4.78 is 0. The molecule has 0 saturated carbocycles. The molecule has 1 heterocycles. The van der Waals surface area contributed by atoms with Crippen LogP contribution < -0.4 is 27.4 Å². The molecule has 43 heavy (non-hydrogen) atoms. The predicted molar refractivity (Wildman–Crippen MR) is 169 cm³/mol. The van der Waals surface area contributed by atoms with Crippen LogP contribution in [0.15, 0.2) is 60.8 Å². The number of benzene rings is 2. The fourth-order valence-corrected chi connectivity index (χ4v) is 5.22. The van der Waals surface area contributed by atoms with E-state index in [1.54, 1.807) is 30.5 Å². The quantitative estimate of drug-likeness (QED) is 0.106. The molecule has 3 amide bonds. The highest BCUT2D eigenvalue weighted by molar-refractivity contribution is 7.98. The van der Waals surface area contributed by atoms with Gasteiger partial charge in [0.1, 0.15) is 18.1 Å². The summed E-state index contributed by atoms with van der Waals surface area (Å²) in [6.07, 6.45) is 6.01. The molecule has 0 radical (unpaired) electrons. The largest absolute Gasteiger partial charge is 0.480 e. The normalized spacial score (nSPS) is 13.9. The Morgan fingerprint density at radius 2 is 1.49 bits per heavy atom. The van der Waals surface area contributed by atoms with Gasteiger partial charge in [0, 0.05) is 29.9 Å². The summed E-state index contributed by atoms with van der Waals surface area (Å²) in [5, 5.41) is 18.9. The molecule has 12 heteroatoms. The lowest BCUT2D eigenvalue weighted by molar-refractivity contribution is -0.142. The molecule has 2 aromatic carbocycles. The van der Waals surface area contributed by atoms with Gasteiger partial charge in [0.15, 0.2) is 0 Å². The second-order valence-corrected chi connectivity index (χ2v) is 11.4. The summed E-state index contributed by atoms with van der Waals surface area (Å²) in [6, 6.07) is 12.5. The van der Waals surface area contributed by atoms with E-state index in [9.17, 15) is 24.3 Å². The number of thioether (sulfide) groups is 1. The number of carbonyl (C=O) groups is 4. The number of hydrogen-bond donors (Lipinski definition) is 7. The first-order chi connectivity index (χ1) is 20.7. The second-order valence-electron chi connectivity index (χ2n) is 10.4. The van der Waals surface area contributed by atoms with Crippen molar-refractivity contribution in [2.75, 3.05) is 18.6 Å². The smallest absolute Gasteiger partial charge is 0.326 e. The number of nitrogens with one attached hydrogen (secondary N) is 4. The van der Waals surface area contributed by atoms with E-state index in [1.807, 2.05) is 36.6 Å². The van der Waals surface area contributed by atoms with Crippen LogP contribution in [0.5, 0.6) is 0 Å². The molecule has 0 fully saturated rings. The third-order valence-corrected chi connectivity index (χ3v) is 7.82. The van der Waals surface area contributed by atoms with Crippen LogP contribution in [-0.4, -0.2) is 76.5 Å². The highest BCUT2D eigenvalue weighted by atomic mass is 32.2. The highest BCUT2D eigenvalue weighted by Crippen LogP contribution is 2.19. The van der Waals surface area contributed by atoms with Crippen molar-refractivity contribution in [3.8, 4) is 0 Å². The first-order valence-electron chi connectivity index (χ1n) is 14.4. The number of H-pyrrole nitrogens is 1. The van der Waals surface area contributed by atoms with Crippen molar-refractivity contribution in [3.05, 3.63) is 71.9 Å². The third-order valence-electron chi connectivity index (χ3n) is 7.18. The Balaban J connectivity index is 1.82. The van der Waals surface area contributed by atoms with Crippen molar-refractivity contribution in [2.24, 2.45) is 11.5 Å². The molecule has 0 aliphatic heterocycles. The molecule has 4 unspecified atom stereocenters. The minimum atomic E-state index is -1.21. The standard InChI is InChI=1S/C31H42N6O5S/c1-43-16-14-25(35-28(38)23(33)12-7-8-15-32)29(39)36-26(18-21-19-34-24-13-6-5-11-22(21)24)30(40)37-27(31(41)42)17-20-9-3-2-4-10-20/h2-6,9-11,13,19,23,25-27,34H,7-8,12,14-18,32-33H2,1H3,(H,35,38)(H,36,39)(H,37,40)(H,41,42). The molecule has 0 bridgehead atoms. The van der Waals surface area contributed by atoms with Crippen molar-refractivity contribution in [3.63, 3.8) is 0 Å². The number of aromatic amines is 1. The van der Waals surface area contributed by atoms with Crippen LogP contribution >= 0.6 is 11.8 Å². The molecular weight excluding hydrogens is 568 g/mol. The molecule has 0 saturated heterocycles. The van der Waals surface area contributed by atoms with Gasteiger partial charge in [-0.1, -0.05) is 55.0 Å². The van der Waals surface area contributed by atoms with E-state index in [0.717, 1.165) is 28.5 Å². The summed E-state index contributed by atoms with van der Waals surface area (Å²) in [5.74, 6) is -2.26. The molecule has 3 aromatic rings. The summed E-state index contributed by atoms with van der Waals surface area (Å²) in [5.41, 5.74) is 14.0. The van der Waals surface area contributed by atoms with Gasteiger partial charge in [-0.25, -0.2) is 4.79 Å². The molecule has 0 aliphatic rings. The summed E-state index contributed by atoms with van der Waals surface area (Å²) in [7, 11) is 0. The van der Waals surface area contributed by atoms with E-state index < -0.39 is 47.9 Å². The maximum absolute atomic E-state index is 13.6. The highest BCUT2D eigenvalue weighted by Gasteiger charge is 2.31. The van der Waals surface area contributed by atoms with Crippen molar-refractivity contribution in [1.29, 1.82) is 0 Å². The predicted octanol–water partition coefficient (Wildman–Crippen LogP) is 1.70. The molecule has 3 rings (SSSR count). The third kappa shape index (κ3) is 10.4. The molecule has 232 valence electrons. The van der Waals surface area contributed by atoms with Crippen LogP contribution in [0.4, 0.5) is 0 Å². The van der Waals surface area contributed by atoms with Crippen LogP contribution in [-0.2, 0) is 32.0 Å². The Morgan fingerprint density at radius 1 is 0.837 bits per heavy atom. The van der Waals surface area contributed by atoms with Gasteiger partial charge in [0.05, 0.1) is 6.04 Å². The number of carboxylic acids is 1. The fraction of sp³-hybridized carbons (Fsp3) is 0.419. The maximum atomic E-state index is 13.6. The first-order valence-corrected chi connectivity index (χ1v) is 15.8. The maximum Gasteiger partial charge on any atom is 0.326 e. The summed E-state index contributed by atoms with van der Waals surface area (Å²) >= 11 is 1.52. The van der Waals surface area contributed by atoms with Gasteiger partial charge >= 0.3 is 5.97 Å². The zero-order valence-electron chi connectivity index (χ0n) is 24.4. The second kappa shape index (κ2) is 17.3. The average molecular weight is 611 g/mol. The lowest BCUT2D eigenvalue weighted by Gasteiger charge is -2.25. The first kappa shape index (κ1) is 33.6. The topological polar surface area (TPSA) is 192 Å². The number of aromatic nitrogens is 1. The number of hydrogen-bond acceptors (Lipinski definition) is 7. The number of nitrogens with two attached hydrogens (primary N) is 2. The Kier molecular flexibility index (Phi) is 13.5. The minimum absolute atomic E-state index is 0.0735. The number of amides is 3. The number of rotatable bonds is 18. The van der Waals surface area contributed by atoms with E-state index >= 15 is 0 Å². The van der Waals surface area contributed by atoms with Gasteiger partial charge in [0.25, 0.3) is 0 Å². The number of aliphatic carboxylic acids is 1. The molecule has 4 atom stereocenters. The number of fused-ring (bicyclic) bond motifs is 1. The number of carbonyl (C=O) groups excluding carboxylic acids is 3. The van der Waals surface area contributed by atoms with Crippen molar-refractivity contribution in [1.82, 2.24) is 20.9 Å². The zero-order chi connectivity index (χ0) is 31.2. The van der Waals surface area contributed by atoms with Crippen molar-refractivity contribution in [2.45, 2.75) is 62.7 Å². The van der Waals surface area contributed by atoms with Gasteiger partial charge in [-0.3, -0.25) is 14.4 Å². The fourth-order valence-electron chi connectivity index (χ4n) is 4.75. The Morgan fingerprint density at radius 3 is 2.19 bits per heavy atom. The van der Waals surface area contributed by atoms with Gasteiger partial charge in [0.2, 0.25) is 17.7 Å². The summed E-state index contributed by atoms with van der Waals surface area (Å²) in [6.45, 7) is 0.501. The van der Waals surface area contributed by atoms with E-state index in [1.165, 1.54) is 11.8 Å². The summed E-state index contributed by atoms with van der Waals surface area (Å²) in [4.78, 5) is 55.3. The number of para-hydroxylation sites is 1. The van der Waals surface area contributed by atoms with Crippen LogP contribution in [0.3, 0.4) is 0 Å². The molecule has 11 nitrogen and oxygen atoms in total. The van der Waals surface area contributed by atoms with Crippen LogP contribution in [0.25, 0.3) is 10.9 Å². The SMILES string of the molecule is CSCCC(NC(=O)C(N)CCCCN)C(=O)NC(Cc1c[nH]c2ccccc12)C(=O)NC(Cc1ccccc1)C(=O)O. The van der Waals surface area contributed by atoms with Crippen LogP contribution in [0, 0.1) is 0 Å².